The van der Waals surface area contributed by atoms with Crippen molar-refractivity contribution in [1.29, 1.82) is 0 Å². The quantitative estimate of drug-likeness (QED) is 0.839. The summed E-state index contributed by atoms with van der Waals surface area (Å²) in [7, 11) is 0. The predicted molar refractivity (Wildman–Crippen MR) is 72.5 cm³/mol. The van der Waals surface area contributed by atoms with Crippen molar-refractivity contribution in [3.63, 3.8) is 0 Å². The smallest absolute Gasteiger partial charge is 0.250 e. The number of anilines is 1. The highest BCUT2D eigenvalue weighted by atomic mass is 35.5. The van der Waals surface area contributed by atoms with E-state index in [0.29, 0.717) is 5.02 Å². The standard InChI is InChI=1S/C12H15Cl2NO3/c1-12(2,3)18-6-10(16)15-9-5-7(13)4-8(14)11(9)17/h4-5,17H,6H2,1-3H3,(H,15,16). The third-order valence-electron chi connectivity index (χ3n) is 1.94. The number of phenolic OH excluding ortho intramolecular Hbond substituents is 1. The van der Waals surface area contributed by atoms with E-state index in [-0.39, 0.29) is 23.1 Å². The summed E-state index contributed by atoms with van der Waals surface area (Å²) >= 11 is 11.5. The zero-order chi connectivity index (χ0) is 13.9. The Balaban J connectivity index is 2.71. The minimum atomic E-state index is -0.411. The van der Waals surface area contributed by atoms with Gasteiger partial charge in [0.25, 0.3) is 5.91 Å². The number of nitrogens with one attached hydrogen (secondary N) is 1. The van der Waals surface area contributed by atoms with Gasteiger partial charge in [0.2, 0.25) is 0 Å². The molecule has 0 spiro atoms. The normalized spacial score (nSPS) is 11.4. The van der Waals surface area contributed by atoms with Gasteiger partial charge < -0.3 is 15.2 Å². The maximum atomic E-state index is 11.6. The Morgan fingerprint density at radius 2 is 2.00 bits per heavy atom. The largest absolute Gasteiger partial charge is 0.504 e. The van der Waals surface area contributed by atoms with Crippen molar-refractivity contribution in [1.82, 2.24) is 0 Å². The lowest BCUT2D eigenvalue weighted by Crippen LogP contribution is -2.27. The number of phenols is 1. The van der Waals surface area contributed by atoms with Gasteiger partial charge in [0.1, 0.15) is 6.61 Å². The fourth-order valence-corrected chi connectivity index (χ4v) is 1.62. The van der Waals surface area contributed by atoms with Crippen LogP contribution in [0.15, 0.2) is 12.1 Å². The van der Waals surface area contributed by atoms with E-state index in [9.17, 15) is 9.90 Å². The second-order valence-electron chi connectivity index (χ2n) is 4.73. The Morgan fingerprint density at radius 3 is 2.56 bits per heavy atom. The molecule has 100 valence electrons. The van der Waals surface area contributed by atoms with Gasteiger partial charge in [-0.15, -0.1) is 0 Å². The van der Waals surface area contributed by atoms with Crippen LogP contribution in [-0.2, 0) is 9.53 Å². The molecule has 0 unspecified atom stereocenters. The van der Waals surface area contributed by atoms with Crippen molar-refractivity contribution in [2.75, 3.05) is 11.9 Å². The van der Waals surface area contributed by atoms with Crippen LogP contribution in [0.5, 0.6) is 5.75 Å². The lowest BCUT2D eigenvalue weighted by atomic mass is 10.2. The van der Waals surface area contributed by atoms with Crippen LogP contribution in [0.1, 0.15) is 20.8 Å². The molecule has 1 rings (SSSR count). The molecule has 4 nitrogen and oxygen atoms in total. The molecule has 6 heteroatoms. The predicted octanol–water partition coefficient (Wildman–Crippen LogP) is 3.45. The van der Waals surface area contributed by atoms with Crippen molar-refractivity contribution < 1.29 is 14.6 Å². The number of amides is 1. The van der Waals surface area contributed by atoms with Crippen LogP contribution in [-0.4, -0.2) is 23.2 Å². The Kier molecular flexibility index (Phi) is 4.85. The van der Waals surface area contributed by atoms with E-state index in [1.807, 2.05) is 20.8 Å². The Hall–Kier alpha value is -0.970. The average Bonchev–Trinajstić information content (AvgIpc) is 2.21. The van der Waals surface area contributed by atoms with E-state index in [2.05, 4.69) is 5.32 Å². The fourth-order valence-electron chi connectivity index (χ4n) is 1.13. The van der Waals surface area contributed by atoms with E-state index < -0.39 is 11.5 Å². The van der Waals surface area contributed by atoms with Gasteiger partial charge >= 0.3 is 0 Å². The van der Waals surface area contributed by atoms with Crippen LogP contribution >= 0.6 is 23.2 Å². The van der Waals surface area contributed by atoms with Crippen molar-refractivity contribution in [3.05, 3.63) is 22.2 Å². The van der Waals surface area contributed by atoms with Gasteiger partial charge in [-0.3, -0.25) is 4.79 Å². The van der Waals surface area contributed by atoms with Crippen LogP contribution in [0.25, 0.3) is 0 Å². The first-order chi connectivity index (χ1) is 8.19. The van der Waals surface area contributed by atoms with Gasteiger partial charge in [-0.05, 0) is 32.9 Å². The molecule has 0 atom stereocenters. The summed E-state index contributed by atoms with van der Waals surface area (Å²) in [4.78, 5) is 11.6. The van der Waals surface area contributed by atoms with Gasteiger partial charge in [-0.2, -0.15) is 0 Å². The van der Waals surface area contributed by atoms with E-state index in [4.69, 9.17) is 27.9 Å². The lowest BCUT2D eigenvalue weighted by Gasteiger charge is -2.19. The molecule has 0 saturated carbocycles. The summed E-state index contributed by atoms with van der Waals surface area (Å²) in [6.45, 7) is 5.41. The van der Waals surface area contributed by atoms with Crippen LogP contribution in [0.4, 0.5) is 5.69 Å². The van der Waals surface area contributed by atoms with Crippen molar-refractivity contribution in [2.24, 2.45) is 0 Å². The molecule has 0 heterocycles. The highest BCUT2D eigenvalue weighted by molar-refractivity contribution is 6.36. The highest BCUT2D eigenvalue weighted by Crippen LogP contribution is 2.34. The first-order valence-corrected chi connectivity index (χ1v) is 6.06. The molecule has 0 fully saturated rings. The molecule has 18 heavy (non-hydrogen) atoms. The van der Waals surface area contributed by atoms with Crippen molar-refractivity contribution in [3.8, 4) is 5.75 Å². The molecular weight excluding hydrogens is 277 g/mol. The molecular formula is C12H15Cl2NO3. The van der Waals surface area contributed by atoms with Crippen molar-refractivity contribution in [2.45, 2.75) is 26.4 Å². The molecule has 0 aromatic heterocycles. The molecule has 0 saturated heterocycles. The summed E-state index contributed by atoms with van der Waals surface area (Å²) in [6.07, 6.45) is 0. The van der Waals surface area contributed by atoms with Crippen LogP contribution < -0.4 is 5.32 Å². The third kappa shape index (κ3) is 4.72. The molecule has 0 bridgehead atoms. The van der Waals surface area contributed by atoms with Gasteiger partial charge in [-0.1, -0.05) is 23.2 Å². The second kappa shape index (κ2) is 5.78. The Labute approximate surface area is 116 Å². The molecule has 0 aliphatic rings. The molecule has 1 aromatic rings. The minimum Gasteiger partial charge on any atom is -0.504 e. The summed E-state index contributed by atoms with van der Waals surface area (Å²) in [5, 5.41) is 12.5. The first kappa shape index (κ1) is 15.1. The van der Waals surface area contributed by atoms with Gasteiger partial charge in [0, 0.05) is 5.02 Å². The zero-order valence-electron chi connectivity index (χ0n) is 10.4. The number of halogens is 2. The molecule has 1 amide bonds. The number of carbonyl (C=O) groups excluding carboxylic acids is 1. The van der Waals surface area contributed by atoms with E-state index in [1.54, 1.807) is 0 Å². The molecule has 0 aliphatic heterocycles. The van der Waals surface area contributed by atoms with Gasteiger partial charge in [-0.25, -0.2) is 0 Å². The molecule has 1 aromatic carbocycles. The SMILES string of the molecule is CC(C)(C)OCC(=O)Nc1cc(Cl)cc(Cl)c1O. The number of hydrogen-bond donors (Lipinski definition) is 2. The lowest BCUT2D eigenvalue weighted by molar-refractivity contribution is -0.125. The number of benzene rings is 1. The average molecular weight is 292 g/mol. The number of rotatable bonds is 3. The maximum Gasteiger partial charge on any atom is 0.250 e. The third-order valence-corrected chi connectivity index (χ3v) is 2.44. The molecule has 0 aliphatic carbocycles. The first-order valence-electron chi connectivity index (χ1n) is 5.31. The molecule has 0 radical (unpaired) electrons. The fraction of sp³-hybridized carbons (Fsp3) is 0.417. The van der Waals surface area contributed by atoms with E-state index in [1.165, 1.54) is 12.1 Å². The topological polar surface area (TPSA) is 58.6 Å². The maximum absolute atomic E-state index is 11.6. The number of carbonyl (C=O) groups is 1. The Bertz CT molecular complexity index is 455. The summed E-state index contributed by atoms with van der Waals surface area (Å²) < 4.78 is 5.30. The molecule has 2 N–H and O–H groups in total. The van der Waals surface area contributed by atoms with E-state index in [0.717, 1.165) is 0 Å². The second-order valence-corrected chi connectivity index (χ2v) is 5.58. The summed E-state index contributed by atoms with van der Waals surface area (Å²) in [5.41, 5.74) is -0.249. The Morgan fingerprint density at radius 1 is 1.39 bits per heavy atom. The number of ether oxygens (including phenoxy) is 1. The zero-order valence-corrected chi connectivity index (χ0v) is 11.9. The summed E-state index contributed by atoms with van der Waals surface area (Å²) in [5.74, 6) is -0.608. The highest BCUT2D eigenvalue weighted by Gasteiger charge is 2.15. The van der Waals surface area contributed by atoms with Gasteiger partial charge in [0.05, 0.1) is 16.3 Å². The number of aromatic hydroxyl groups is 1. The van der Waals surface area contributed by atoms with Gasteiger partial charge in [0.15, 0.2) is 5.75 Å². The van der Waals surface area contributed by atoms with Crippen LogP contribution in [0.2, 0.25) is 10.0 Å². The van der Waals surface area contributed by atoms with E-state index >= 15 is 0 Å². The van der Waals surface area contributed by atoms with Crippen LogP contribution in [0.3, 0.4) is 0 Å². The number of hydrogen-bond acceptors (Lipinski definition) is 3. The van der Waals surface area contributed by atoms with Crippen molar-refractivity contribution >= 4 is 34.8 Å². The monoisotopic (exact) mass is 291 g/mol. The summed E-state index contributed by atoms with van der Waals surface area (Å²) in [6, 6.07) is 2.80. The minimum absolute atomic E-state index is 0.0783. The van der Waals surface area contributed by atoms with Crippen LogP contribution in [0, 0.1) is 0 Å².